The summed E-state index contributed by atoms with van der Waals surface area (Å²) in [7, 11) is 0. The molecule has 0 spiro atoms. The van der Waals surface area contributed by atoms with Crippen LogP contribution in [0.15, 0.2) is 91.0 Å². The molecule has 0 saturated heterocycles. The van der Waals surface area contributed by atoms with Gasteiger partial charge in [0, 0.05) is 0 Å². The zero-order valence-corrected chi connectivity index (χ0v) is 17.2. The lowest BCUT2D eigenvalue weighted by Crippen LogP contribution is -1.91. The van der Waals surface area contributed by atoms with Crippen molar-refractivity contribution in [2.24, 2.45) is 0 Å². The Morgan fingerprint density at radius 3 is 1.32 bits per heavy atom. The van der Waals surface area contributed by atoms with Crippen LogP contribution in [0.5, 0.6) is 0 Å². The molecule has 8 aromatic rings. The molecule has 142 valence electrons. The van der Waals surface area contributed by atoms with Crippen molar-refractivity contribution in [2.75, 3.05) is 0 Å². The molecule has 0 aliphatic carbocycles. The number of fused-ring (bicyclic) bond motifs is 4. The SMILES string of the molecule is Cc1cc2cccc3c4ccc5c6cccc7cccc(c8ccc(c(c1)c23)c4c58)c76. The van der Waals surface area contributed by atoms with Crippen LogP contribution in [-0.4, -0.2) is 0 Å². The van der Waals surface area contributed by atoms with E-state index in [4.69, 9.17) is 0 Å². The molecule has 0 heteroatoms. The van der Waals surface area contributed by atoms with Crippen molar-refractivity contribution in [1.29, 1.82) is 0 Å². The van der Waals surface area contributed by atoms with E-state index in [-0.39, 0.29) is 0 Å². The van der Waals surface area contributed by atoms with Gasteiger partial charge in [0.1, 0.15) is 0 Å². The van der Waals surface area contributed by atoms with Crippen molar-refractivity contribution in [3.8, 4) is 0 Å². The molecule has 0 nitrogen and oxygen atoms in total. The second-order valence-electron chi connectivity index (χ2n) is 9.00. The maximum Gasteiger partial charge on any atom is -0.00139 e. The van der Waals surface area contributed by atoms with Crippen LogP contribution in [-0.2, 0) is 0 Å². The third-order valence-electron chi connectivity index (χ3n) is 7.35. The molecule has 0 N–H and O–H groups in total. The fourth-order valence-corrected chi connectivity index (χ4v) is 6.20. The second kappa shape index (κ2) is 5.22. The molecular weight excluding hydrogens is 372 g/mol. The third kappa shape index (κ3) is 1.79. The largest absolute Gasteiger partial charge is 0.0610 e. The number of rotatable bonds is 0. The van der Waals surface area contributed by atoms with Gasteiger partial charge >= 0.3 is 0 Å². The van der Waals surface area contributed by atoms with Crippen molar-refractivity contribution >= 4 is 75.4 Å². The van der Waals surface area contributed by atoms with Gasteiger partial charge < -0.3 is 0 Å². The first-order chi connectivity index (χ1) is 15.3. The van der Waals surface area contributed by atoms with Gasteiger partial charge in [-0.15, -0.1) is 0 Å². The summed E-state index contributed by atoms with van der Waals surface area (Å²) in [5.41, 5.74) is 1.32. The van der Waals surface area contributed by atoms with Crippen LogP contribution in [0.25, 0.3) is 75.4 Å². The molecule has 0 aliphatic rings. The molecule has 0 amide bonds. The first-order valence-corrected chi connectivity index (χ1v) is 11.0. The lowest BCUT2D eigenvalue weighted by atomic mass is 9.84. The summed E-state index contributed by atoms with van der Waals surface area (Å²) in [6.07, 6.45) is 0. The molecule has 0 saturated carbocycles. The molecule has 0 fully saturated rings. The van der Waals surface area contributed by atoms with Gasteiger partial charge in [0.25, 0.3) is 0 Å². The molecule has 31 heavy (non-hydrogen) atoms. The summed E-state index contributed by atoms with van der Waals surface area (Å²) in [6.45, 7) is 2.21. The Hall–Kier alpha value is -3.90. The van der Waals surface area contributed by atoms with Crippen molar-refractivity contribution < 1.29 is 0 Å². The topological polar surface area (TPSA) is 0 Å². The maximum atomic E-state index is 2.37. The van der Waals surface area contributed by atoms with Crippen molar-refractivity contribution in [3.05, 3.63) is 96.6 Å². The van der Waals surface area contributed by atoms with Crippen LogP contribution in [0.2, 0.25) is 0 Å². The monoisotopic (exact) mass is 390 g/mol. The van der Waals surface area contributed by atoms with Gasteiger partial charge in [-0.1, -0.05) is 91.0 Å². The van der Waals surface area contributed by atoms with Gasteiger partial charge in [0.05, 0.1) is 0 Å². The lowest BCUT2D eigenvalue weighted by Gasteiger charge is -2.19. The van der Waals surface area contributed by atoms with Gasteiger partial charge in [0.15, 0.2) is 0 Å². The second-order valence-corrected chi connectivity index (χ2v) is 9.00. The molecule has 0 atom stereocenters. The van der Waals surface area contributed by atoms with E-state index in [1.54, 1.807) is 0 Å². The van der Waals surface area contributed by atoms with Crippen LogP contribution in [0.1, 0.15) is 5.56 Å². The smallest absolute Gasteiger partial charge is 0.00139 e. The van der Waals surface area contributed by atoms with E-state index in [0.29, 0.717) is 0 Å². The summed E-state index contributed by atoms with van der Waals surface area (Å²) >= 11 is 0. The lowest BCUT2D eigenvalue weighted by molar-refractivity contribution is 1.53. The Bertz CT molecular complexity index is 1940. The van der Waals surface area contributed by atoms with E-state index in [9.17, 15) is 0 Å². The fraction of sp³-hybridized carbons (Fsp3) is 0.0323. The summed E-state index contributed by atoms with van der Waals surface area (Å²) in [6, 6.07) is 34.3. The van der Waals surface area contributed by atoms with Crippen molar-refractivity contribution in [3.63, 3.8) is 0 Å². The molecule has 0 aliphatic heterocycles. The average Bonchev–Trinajstić information content (AvgIpc) is 2.80. The quantitative estimate of drug-likeness (QED) is 0.179. The zero-order valence-electron chi connectivity index (χ0n) is 17.2. The highest BCUT2D eigenvalue weighted by Gasteiger charge is 2.18. The predicted octanol–water partition coefficient (Wildman–Crippen LogP) is 8.94. The Morgan fingerprint density at radius 1 is 0.355 bits per heavy atom. The number of hydrogen-bond acceptors (Lipinski definition) is 0. The van der Waals surface area contributed by atoms with Gasteiger partial charge in [-0.25, -0.2) is 0 Å². The summed E-state index contributed by atoms with van der Waals surface area (Å²) < 4.78 is 0. The summed E-state index contributed by atoms with van der Waals surface area (Å²) in [5.74, 6) is 0. The van der Waals surface area contributed by atoms with E-state index >= 15 is 0 Å². The molecule has 0 heterocycles. The Morgan fingerprint density at radius 2 is 0.774 bits per heavy atom. The Labute approximate surface area is 179 Å². The fourth-order valence-electron chi connectivity index (χ4n) is 6.20. The Balaban J connectivity index is 1.79. The van der Waals surface area contributed by atoms with Crippen LogP contribution in [0.4, 0.5) is 0 Å². The van der Waals surface area contributed by atoms with Gasteiger partial charge in [-0.05, 0) is 87.9 Å². The van der Waals surface area contributed by atoms with Gasteiger partial charge in [-0.2, -0.15) is 0 Å². The van der Waals surface area contributed by atoms with Gasteiger partial charge in [-0.3, -0.25) is 0 Å². The van der Waals surface area contributed by atoms with Crippen molar-refractivity contribution in [2.45, 2.75) is 6.92 Å². The molecule has 0 bridgehead atoms. The highest BCUT2D eigenvalue weighted by Crippen LogP contribution is 2.47. The minimum atomic E-state index is 1.32. The molecule has 8 rings (SSSR count). The normalized spacial score (nSPS) is 12.7. The van der Waals surface area contributed by atoms with Crippen LogP contribution in [0, 0.1) is 6.92 Å². The van der Waals surface area contributed by atoms with Crippen LogP contribution < -0.4 is 0 Å². The van der Waals surface area contributed by atoms with E-state index in [2.05, 4.69) is 97.9 Å². The Kier molecular flexibility index (Phi) is 2.68. The van der Waals surface area contributed by atoms with E-state index in [0.717, 1.165) is 0 Å². The number of aryl methyl sites for hydroxylation is 1. The van der Waals surface area contributed by atoms with E-state index in [1.807, 2.05) is 0 Å². The summed E-state index contributed by atoms with van der Waals surface area (Å²) in [4.78, 5) is 0. The highest BCUT2D eigenvalue weighted by molar-refractivity contribution is 6.42. The van der Waals surface area contributed by atoms with Crippen LogP contribution >= 0.6 is 0 Å². The minimum Gasteiger partial charge on any atom is -0.0610 e. The first-order valence-electron chi connectivity index (χ1n) is 11.0. The minimum absolute atomic E-state index is 1.32. The molecule has 8 aromatic carbocycles. The number of hydrogen-bond donors (Lipinski definition) is 0. The molecule has 0 unspecified atom stereocenters. The summed E-state index contributed by atoms with van der Waals surface area (Å²) in [5, 5.41) is 19.2. The number of benzene rings is 8. The maximum absolute atomic E-state index is 2.37. The molecular formula is C31H18. The van der Waals surface area contributed by atoms with E-state index < -0.39 is 0 Å². The average molecular weight is 390 g/mol. The zero-order chi connectivity index (χ0) is 20.3. The first kappa shape index (κ1) is 15.9. The van der Waals surface area contributed by atoms with E-state index in [1.165, 1.54) is 81.0 Å². The molecule has 0 aromatic heterocycles. The molecule has 0 radical (unpaired) electrons. The highest BCUT2D eigenvalue weighted by atomic mass is 14.2. The third-order valence-corrected chi connectivity index (χ3v) is 7.35. The predicted molar refractivity (Wildman–Crippen MR) is 136 cm³/mol. The van der Waals surface area contributed by atoms with Gasteiger partial charge in [0.2, 0.25) is 0 Å². The van der Waals surface area contributed by atoms with Crippen LogP contribution in [0.3, 0.4) is 0 Å². The standard InChI is InChI=1S/C31H18/c1-17-15-19-7-4-10-22-25-12-11-23-20-8-2-5-18-6-3-9-21(28(18)20)24-13-14-26(31(25)30(23)24)27(16-17)29(19)22/h2-16H,1H3. The van der Waals surface area contributed by atoms with Crippen molar-refractivity contribution in [1.82, 2.24) is 0 Å².